The number of halogens is 1. The largest absolute Gasteiger partial charge is 0.494 e. The summed E-state index contributed by atoms with van der Waals surface area (Å²) in [6.07, 6.45) is -0.915. The second-order valence-corrected chi connectivity index (χ2v) is 7.04. The van der Waals surface area contributed by atoms with Crippen molar-refractivity contribution in [3.8, 4) is 5.75 Å². The first-order valence-electron chi connectivity index (χ1n) is 8.16. The summed E-state index contributed by atoms with van der Waals surface area (Å²) in [5.41, 5.74) is 0.455. The molecule has 0 saturated heterocycles. The van der Waals surface area contributed by atoms with Crippen LogP contribution in [0.5, 0.6) is 5.75 Å². The summed E-state index contributed by atoms with van der Waals surface area (Å²) < 4.78 is 11.6. The normalized spacial score (nSPS) is 12.0. The Balaban J connectivity index is 1.73. The summed E-state index contributed by atoms with van der Waals surface area (Å²) in [6.45, 7) is 3.99. The molecule has 0 N–H and O–H groups in total. The molecule has 1 heterocycles. The minimum atomic E-state index is -0.915. The first-order chi connectivity index (χ1) is 12.5. The van der Waals surface area contributed by atoms with Crippen LogP contribution in [0, 0.1) is 0 Å². The highest BCUT2D eigenvalue weighted by atomic mass is 35.5. The molecule has 2 aromatic carbocycles. The monoisotopic (exact) mass is 388 g/mol. The average Bonchev–Trinajstić information content (AvgIpc) is 2.99. The minimum Gasteiger partial charge on any atom is -0.494 e. The average molecular weight is 389 g/mol. The second kappa shape index (κ2) is 7.89. The zero-order chi connectivity index (χ0) is 18.7. The van der Waals surface area contributed by atoms with Gasteiger partial charge in [-0.05, 0) is 44.2 Å². The van der Waals surface area contributed by atoms with E-state index in [2.05, 4.69) is 0 Å². The van der Waals surface area contributed by atoms with Gasteiger partial charge in [-0.2, -0.15) is 0 Å². The lowest BCUT2D eigenvalue weighted by molar-refractivity contribution is 0.0324. The lowest BCUT2D eigenvalue weighted by Gasteiger charge is -2.12. The molecule has 0 fully saturated rings. The van der Waals surface area contributed by atoms with E-state index in [0.29, 0.717) is 27.8 Å². The molecule has 0 aliphatic heterocycles. The molecule has 0 bridgehead atoms. The summed E-state index contributed by atoms with van der Waals surface area (Å²) in [6, 6.07) is 14.2. The Morgan fingerprint density at radius 1 is 1.12 bits per heavy atom. The van der Waals surface area contributed by atoms with Crippen LogP contribution < -0.4 is 4.74 Å². The quantitative estimate of drug-likeness (QED) is 0.420. The highest BCUT2D eigenvalue weighted by molar-refractivity contribution is 7.21. The first kappa shape index (κ1) is 18.4. The Morgan fingerprint density at radius 2 is 1.81 bits per heavy atom. The van der Waals surface area contributed by atoms with Gasteiger partial charge in [-0.25, -0.2) is 4.79 Å². The molecule has 4 nitrogen and oxygen atoms in total. The second-order valence-electron chi connectivity index (χ2n) is 5.61. The van der Waals surface area contributed by atoms with Crippen molar-refractivity contribution in [3.05, 3.63) is 64.0 Å². The van der Waals surface area contributed by atoms with Gasteiger partial charge in [0.15, 0.2) is 6.10 Å². The van der Waals surface area contributed by atoms with E-state index in [0.717, 1.165) is 10.1 Å². The SMILES string of the molecule is CCOc1ccc(C(=O)[C@H](C)OC(=O)c2sc3ccccc3c2Cl)cc1. The van der Waals surface area contributed by atoms with E-state index in [9.17, 15) is 9.59 Å². The van der Waals surface area contributed by atoms with Gasteiger partial charge < -0.3 is 9.47 Å². The number of carbonyl (C=O) groups is 2. The number of benzene rings is 2. The zero-order valence-electron chi connectivity index (χ0n) is 14.3. The van der Waals surface area contributed by atoms with Crippen molar-refractivity contribution in [2.45, 2.75) is 20.0 Å². The van der Waals surface area contributed by atoms with Crippen molar-refractivity contribution in [3.63, 3.8) is 0 Å². The molecule has 0 amide bonds. The lowest BCUT2D eigenvalue weighted by atomic mass is 10.1. The number of esters is 1. The van der Waals surface area contributed by atoms with Crippen LogP contribution in [-0.4, -0.2) is 24.5 Å². The Hall–Kier alpha value is -2.37. The summed E-state index contributed by atoms with van der Waals surface area (Å²) in [7, 11) is 0. The fourth-order valence-electron chi connectivity index (χ4n) is 2.53. The number of hydrogen-bond acceptors (Lipinski definition) is 5. The zero-order valence-corrected chi connectivity index (χ0v) is 15.9. The van der Waals surface area contributed by atoms with Gasteiger partial charge in [0, 0.05) is 15.6 Å². The van der Waals surface area contributed by atoms with Crippen LogP contribution in [-0.2, 0) is 4.74 Å². The Morgan fingerprint density at radius 3 is 2.46 bits per heavy atom. The molecule has 0 spiro atoms. The van der Waals surface area contributed by atoms with E-state index in [-0.39, 0.29) is 5.78 Å². The van der Waals surface area contributed by atoms with Crippen LogP contribution in [0.25, 0.3) is 10.1 Å². The highest BCUT2D eigenvalue weighted by Gasteiger charge is 2.24. The van der Waals surface area contributed by atoms with E-state index in [1.807, 2.05) is 31.2 Å². The van der Waals surface area contributed by atoms with Crippen molar-refractivity contribution < 1.29 is 19.1 Å². The van der Waals surface area contributed by atoms with Crippen LogP contribution in [0.3, 0.4) is 0 Å². The molecule has 0 saturated carbocycles. The summed E-state index contributed by atoms with van der Waals surface area (Å²) in [4.78, 5) is 25.2. The van der Waals surface area contributed by atoms with Gasteiger partial charge in [0.05, 0.1) is 11.6 Å². The summed E-state index contributed by atoms with van der Waals surface area (Å²) in [5.74, 6) is -0.188. The van der Waals surface area contributed by atoms with Crippen molar-refractivity contribution in [1.82, 2.24) is 0 Å². The number of rotatable bonds is 6. The molecule has 1 atom stereocenters. The van der Waals surface area contributed by atoms with E-state index < -0.39 is 12.1 Å². The number of ether oxygens (including phenoxy) is 2. The highest BCUT2D eigenvalue weighted by Crippen LogP contribution is 2.35. The number of ketones is 1. The molecular formula is C20H17ClO4S. The molecule has 1 aromatic heterocycles. The van der Waals surface area contributed by atoms with E-state index in [1.54, 1.807) is 31.2 Å². The predicted octanol–water partition coefficient (Wildman–Crippen LogP) is 5.38. The van der Waals surface area contributed by atoms with Crippen LogP contribution in [0.4, 0.5) is 0 Å². The molecule has 0 aliphatic rings. The van der Waals surface area contributed by atoms with Crippen molar-refractivity contribution >= 4 is 44.8 Å². The van der Waals surface area contributed by atoms with Gasteiger partial charge in [-0.3, -0.25) is 4.79 Å². The maximum absolute atomic E-state index is 12.5. The van der Waals surface area contributed by atoms with Crippen LogP contribution >= 0.6 is 22.9 Å². The summed E-state index contributed by atoms with van der Waals surface area (Å²) >= 11 is 7.54. The van der Waals surface area contributed by atoms with Gasteiger partial charge in [0.25, 0.3) is 0 Å². The fraction of sp³-hybridized carbons (Fsp3) is 0.200. The van der Waals surface area contributed by atoms with E-state index in [4.69, 9.17) is 21.1 Å². The maximum Gasteiger partial charge on any atom is 0.350 e. The van der Waals surface area contributed by atoms with Gasteiger partial charge in [0.2, 0.25) is 5.78 Å². The van der Waals surface area contributed by atoms with Crippen LogP contribution in [0.1, 0.15) is 33.9 Å². The van der Waals surface area contributed by atoms with E-state index in [1.165, 1.54) is 11.3 Å². The number of carbonyl (C=O) groups excluding carboxylic acids is 2. The van der Waals surface area contributed by atoms with Gasteiger partial charge in [-0.1, -0.05) is 29.8 Å². The van der Waals surface area contributed by atoms with Gasteiger partial charge in [-0.15, -0.1) is 11.3 Å². The molecule has 3 rings (SSSR count). The topological polar surface area (TPSA) is 52.6 Å². The number of Topliss-reactive ketones (excluding diaryl/α,β-unsaturated/α-hetero) is 1. The minimum absolute atomic E-state index is 0.279. The first-order valence-corrected chi connectivity index (χ1v) is 9.35. The third-order valence-corrected chi connectivity index (χ3v) is 5.48. The standard InChI is InChI=1S/C20H17ClO4S/c1-3-24-14-10-8-13(9-11-14)18(22)12(2)25-20(23)19-17(21)15-6-4-5-7-16(15)26-19/h4-12H,3H2,1-2H3/t12-/m0/s1. The Labute approximate surface area is 160 Å². The predicted molar refractivity (Wildman–Crippen MR) is 104 cm³/mol. The number of hydrogen-bond donors (Lipinski definition) is 0. The molecular weight excluding hydrogens is 372 g/mol. The third kappa shape index (κ3) is 3.74. The van der Waals surface area contributed by atoms with Gasteiger partial charge in [0.1, 0.15) is 10.6 Å². The fourth-order valence-corrected chi connectivity index (χ4v) is 3.92. The van der Waals surface area contributed by atoms with Crippen molar-refractivity contribution in [1.29, 1.82) is 0 Å². The van der Waals surface area contributed by atoms with Crippen LogP contribution in [0.2, 0.25) is 5.02 Å². The molecule has 26 heavy (non-hydrogen) atoms. The number of thiophene rings is 1. The lowest BCUT2D eigenvalue weighted by Crippen LogP contribution is -2.24. The molecule has 134 valence electrons. The Kier molecular flexibility index (Phi) is 5.59. The van der Waals surface area contributed by atoms with Crippen LogP contribution in [0.15, 0.2) is 48.5 Å². The maximum atomic E-state index is 12.5. The number of fused-ring (bicyclic) bond motifs is 1. The molecule has 0 unspecified atom stereocenters. The van der Waals surface area contributed by atoms with E-state index >= 15 is 0 Å². The molecule has 3 aromatic rings. The van der Waals surface area contributed by atoms with Gasteiger partial charge >= 0.3 is 5.97 Å². The molecule has 0 aliphatic carbocycles. The summed E-state index contributed by atoms with van der Waals surface area (Å²) in [5, 5.41) is 1.16. The third-order valence-electron chi connectivity index (χ3n) is 3.82. The Bertz CT molecular complexity index is 946. The smallest absolute Gasteiger partial charge is 0.350 e. The molecule has 0 radical (unpaired) electrons. The van der Waals surface area contributed by atoms with Crippen molar-refractivity contribution in [2.75, 3.05) is 6.61 Å². The van der Waals surface area contributed by atoms with Crippen molar-refractivity contribution in [2.24, 2.45) is 0 Å². The molecule has 6 heteroatoms.